The average molecular weight is 338 g/mol. The summed E-state index contributed by atoms with van der Waals surface area (Å²) < 4.78 is 26.2. The molecule has 1 N–H and O–H groups in total. The zero-order valence-corrected chi connectivity index (χ0v) is 13.8. The molecule has 4 nitrogen and oxygen atoms in total. The molecule has 0 radical (unpaired) electrons. The maximum Gasteiger partial charge on any atom is 0.255 e. The summed E-state index contributed by atoms with van der Waals surface area (Å²) in [5, 5.41) is 10.8. The maximum absolute atomic E-state index is 13.3. The van der Waals surface area contributed by atoms with Crippen LogP contribution in [0.2, 0.25) is 0 Å². The topological polar surface area (TPSA) is 43.8 Å². The molecule has 3 rings (SSSR count). The van der Waals surface area contributed by atoms with Crippen molar-refractivity contribution in [2.45, 2.75) is 37.7 Å². The quantitative estimate of drug-likeness (QED) is 0.913. The van der Waals surface area contributed by atoms with Crippen molar-refractivity contribution in [3.63, 3.8) is 0 Å². The Balaban J connectivity index is 1.58. The second-order valence-electron chi connectivity index (χ2n) is 6.91. The van der Waals surface area contributed by atoms with Crippen molar-refractivity contribution < 1.29 is 18.7 Å². The normalized spacial score (nSPS) is 25.2. The van der Waals surface area contributed by atoms with Gasteiger partial charge >= 0.3 is 0 Å². The highest BCUT2D eigenvalue weighted by Crippen LogP contribution is 2.25. The molecule has 2 heterocycles. The zero-order valence-electron chi connectivity index (χ0n) is 13.8. The molecule has 132 valence electrons. The summed E-state index contributed by atoms with van der Waals surface area (Å²) in [6.45, 7) is 3.19. The Hall–Kier alpha value is -1.53. The number of aliphatic hydroxyl groups is 1. The third kappa shape index (κ3) is 3.75. The van der Waals surface area contributed by atoms with Crippen molar-refractivity contribution in [1.82, 2.24) is 9.80 Å². The Morgan fingerprint density at radius 3 is 2.58 bits per heavy atom. The van der Waals surface area contributed by atoms with E-state index in [0.29, 0.717) is 31.5 Å². The minimum atomic E-state index is -1.31. The number of β-amino-alcohol motifs (C(OH)–C–C–N with tert-alkyl or cyclic N) is 1. The standard InChI is InChI=1S/C18H24F2N2O2/c19-15-5-4-14(12-16(15)20)6-11-21-8-3-7-18(24,13-21)17(23)22-9-1-2-10-22/h4-5,12,24H,1-3,6-11,13H2. The van der Waals surface area contributed by atoms with Gasteiger partial charge in [0.15, 0.2) is 17.2 Å². The van der Waals surface area contributed by atoms with E-state index in [4.69, 9.17) is 0 Å². The van der Waals surface area contributed by atoms with Gasteiger partial charge in [-0.1, -0.05) is 6.07 Å². The van der Waals surface area contributed by atoms with Crippen molar-refractivity contribution in [2.75, 3.05) is 32.7 Å². The van der Waals surface area contributed by atoms with Gasteiger partial charge in [0.05, 0.1) is 0 Å². The average Bonchev–Trinajstić information content (AvgIpc) is 3.10. The van der Waals surface area contributed by atoms with Crippen LogP contribution in [0.25, 0.3) is 0 Å². The summed E-state index contributed by atoms with van der Waals surface area (Å²) in [6, 6.07) is 3.92. The molecule has 1 unspecified atom stereocenters. The number of amides is 1. The van der Waals surface area contributed by atoms with E-state index in [2.05, 4.69) is 0 Å². The molecule has 2 aliphatic heterocycles. The Morgan fingerprint density at radius 1 is 1.12 bits per heavy atom. The number of rotatable bonds is 4. The molecule has 6 heteroatoms. The van der Waals surface area contributed by atoms with Crippen molar-refractivity contribution in [1.29, 1.82) is 0 Å². The molecule has 1 aromatic rings. The molecule has 1 aromatic carbocycles. The number of halogens is 2. The first kappa shape index (κ1) is 17.3. The predicted molar refractivity (Wildman–Crippen MR) is 86.5 cm³/mol. The highest BCUT2D eigenvalue weighted by molar-refractivity contribution is 5.85. The molecular weight excluding hydrogens is 314 g/mol. The lowest BCUT2D eigenvalue weighted by atomic mass is 9.91. The van der Waals surface area contributed by atoms with E-state index in [1.54, 1.807) is 11.0 Å². The predicted octanol–water partition coefficient (Wildman–Crippen LogP) is 1.96. The molecule has 24 heavy (non-hydrogen) atoms. The minimum absolute atomic E-state index is 0.155. The largest absolute Gasteiger partial charge is 0.379 e. The van der Waals surface area contributed by atoms with Crippen LogP contribution < -0.4 is 0 Å². The van der Waals surface area contributed by atoms with E-state index >= 15 is 0 Å². The van der Waals surface area contributed by atoms with Crippen LogP contribution in [0.3, 0.4) is 0 Å². The number of carbonyl (C=O) groups is 1. The molecule has 2 aliphatic rings. The fourth-order valence-electron chi connectivity index (χ4n) is 3.69. The van der Waals surface area contributed by atoms with Gasteiger partial charge in [-0.15, -0.1) is 0 Å². The van der Waals surface area contributed by atoms with Gasteiger partial charge in [-0.05, 0) is 56.3 Å². The first-order valence-corrected chi connectivity index (χ1v) is 8.66. The molecule has 0 bridgehead atoms. The van der Waals surface area contributed by atoms with E-state index < -0.39 is 17.2 Å². The summed E-state index contributed by atoms with van der Waals surface area (Å²) in [4.78, 5) is 16.4. The summed E-state index contributed by atoms with van der Waals surface area (Å²) in [7, 11) is 0. The first-order valence-electron chi connectivity index (χ1n) is 8.66. The molecule has 1 amide bonds. The maximum atomic E-state index is 13.3. The molecule has 0 aromatic heterocycles. The van der Waals surface area contributed by atoms with Crippen LogP contribution >= 0.6 is 0 Å². The van der Waals surface area contributed by atoms with Gasteiger partial charge in [0.1, 0.15) is 0 Å². The molecule has 1 atom stereocenters. The Labute approximate surface area is 141 Å². The smallest absolute Gasteiger partial charge is 0.255 e. The number of hydrogen-bond donors (Lipinski definition) is 1. The molecule has 0 saturated carbocycles. The molecule has 2 saturated heterocycles. The van der Waals surface area contributed by atoms with Gasteiger partial charge in [0.25, 0.3) is 5.91 Å². The van der Waals surface area contributed by atoms with Gasteiger partial charge in [-0.2, -0.15) is 0 Å². The monoisotopic (exact) mass is 338 g/mol. The number of nitrogens with zero attached hydrogens (tertiary/aromatic N) is 2. The van der Waals surface area contributed by atoms with E-state index in [9.17, 15) is 18.7 Å². The fourth-order valence-corrected chi connectivity index (χ4v) is 3.69. The molecular formula is C18H24F2N2O2. The van der Waals surface area contributed by atoms with Gasteiger partial charge in [-0.25, -0.2) is 8.78 Å². The lowest BCUT2D eigenvalue weighted by Gasteiger charge is -2.40. The number of piperidine rings is 1. The van der Waals surface area contributed by atoms with Crippen LogP contribution in [0, 0.1) is 11.6 Å². The van der Waals surface area contributed by atoms with E-state index in [1.165, 1.54) is 6.07 Å². The molecule has 0 spiro atoms. The lowest BCUT2D eigenvalue weighted by molar-refractivity contribution is -0.156. The van der Waals surface area contributed by atoms with E-state index in [-0.39, 0.29) is 5.91 Å². The van der Waals surface area contributed by atoms with Crippen LogP contribution in [-0.2, 0) is 11.2 Å². The van der Waals surface area contributed by atoms with E-state index in [1.807, 2.05) is 4.90 Å². The number of hydrogen-bond acceptors (Lipinski definition) is 3. The fraction of sp³-hybridized carbons (Fsp3) is 0.611. The highest BCUT2D eigenvalue weighted by atomic mass is 19.2. The van der Waals surface area contributed by atoms with Crippen LogP contribution in [0.15, 0.2) is 18.2 Å². The summed E-state index contributed by atoms with van der Waals surface area (Å²) in [5.74, 6) is -1.84. The van der Waals surface area contributed by atoms with Crippen LogP contribution in [-0.4, -0.2) is 59.1 Å². The third-order valence-electron chi connectivity index (χ3n) is 5.04. The second kappa shape index (κ2) is 7.15. The second-order valence-corrected chi connectivity index (χ2v) is 6.91. The van der Waals surface area contributed by atoms with Gasteiger partial charge in [0, 0.05) is 26.2 Å². The number of benzene rings is 1. The Bertz CT molecular complexity index is 605. The summed E-state index contributed by atoms with van der Waals surface area (Å²) >= 11 is 0. The summed E-state index contributed by atoms with van der Waals surface area (Å²) in [5.41, 5.74) is -0.592. The third-order valence-corrected chi connectivity index (χ3v) is 5.04. The van der Waals surface area contributed by atoms with Gasteiger partial charge in [0.2, 0.25) is 0 Å². The van der Waals surface area contributed by atoms with Crippen molar-refractivity contribution in [2.24, 2.45) is 0 Å². The van der Waals surface area contributed by atoms with E-state index in [0.717, 1.165) is 45.0 Å². The minimum Gasteiger partial charge on any atom is -0.379 e. The molecule has 0 aliphatic carbocycles. The lowest BCUT2D eigenvalue weighted by Crippen LogP contribution is -2.57. The first-order chi connectivity index (χ1) is 11.5. The number of carbonyl (C=O) groups excluding carboxylic acids is 1. The van der Waals surface area contributed by atoms with Gasteiger partial charge in [-0.3, -0.25) is 9.69 Å². The Kier molecular flexibility index (Phi) is 5.15. The number of likely N-dealkylation sites (tertiary alicyclic amines) is 2. The van der Waals surface area contributed by atoms with Crippen LogP contribution in [0.5, 0.6) is 0 Å². The van der Waals surface area contributed by atoms with Gasteiger partial charge < -0.3 is 10.0 Å². The SMILES string of the molecule is O=C(N1CCCC1)C1(O)CCCN(CCc2ccc(F)c(F)c2)C1. The summed E-state index contributed by atoms with van der Waals surface area (Å²) in [6.07, 6.45) is 3.81. The van der Waals surface area contributed by atoms with Crippen molar-refractivity contribution >= 4 is 5.91 Å². The Morgan fingerprint density at radius 2 is 1.88 bits per heavy atom. The van der Waals surface area contributed by atoms with Crippen LogP contribution in [0.1, 0.15) is 31.2 Å². The zero-order chi connectivity index (χ0) is 17.2. The highest BCUT2D eigenvalue weighted by Gasteiger charge is 2.43. The molecule has 2 fully saturated rings. The van der Waals surface area contributed by atoms with Crippen molar-refractivity contribution in [3.05, 3.63) is 35.4 Å². The van der Waals surface area contributed by atoms with Crippen molar-refractivity contribution in [3.8, 4) is 0 Å². The van der Waals surface area contributed by atoms with Crippen LogP contribution in [0.4, 0.5) is 8.78 Å².